The van der Waals surface area contributed by atoms with Gasteiger partial charge in [-0.25, -0.2) is 8.42 Å². The second kappa shape index (κ2) is 15.8. The molecule has 3 aromatic rings. The highest BCUT2D eigenvalue weighted by Gasteiger charge is 2.31. The van der Waals surface area contributed by atoms with Gasteiger partial charge in [0.05, 0.1) is 19.1 Å². The summed E-state index contributed by atoms with van der Waals surface area (Å²) in [5, 5.41) is 3.69. The van der Waals surface area contributed by atoms with Crippen LogP contribution in [0.25, 0.3) is 0 Å². The Kier molecular flexibility index (Phi) is 12.5. The van der Waals surface area contributed by atoms with Gasteiger partial charge in [-0.05, 0) is 42.7 Å². The fourth-order valence-electron chi connectivity index (χ4n) is 4.59. The molecule has 226 valence electrons. The normalized spacial score (nSPS) is 11.9. The highest BCUT2D eigenvalue weighted by Crippen LogP contribution is 2.30. The van der Waals surface area contributed by atoms with Crippen LogP contribution >= 0.6 is 23.2 Å². The van der Waals surface area contributed by atoms with Crippen LogP contribution in [0, 0.1) is 0 Å². The van der Waals surface area contributed by atoms with E-state index in [2.05, 4.69) is 5.32 Å². The molecule has 0 bridgehead atoms. The van der Waals surface area contributed by atoms with Crippen LogP contribution in [0.1, 0.15) is 37.3 Å². The Morgan fingerprint density at radius 2 is 1.60 bits per heavy atom. The molecular weight excluding hydrogens is 597 g/mol. The predicted octanol–water partition coefficient (Wildman–Crippen LogP) is 5.71. The zero-order valence-electron chi connectivity index (χ0n) is 24.1. The van der Waals surface area contributed by atoms with E-state index >= 15 is 0 Å². The van der Waals surface area contributed by atoms with Crippen molar-refractivity contribution in [3.63, 3.8) is 0 Å². The molecule has 0 aliphatic rings. The number of rotatable bonds is 15. The zero-order chi connectivity index (χ0) is 30.7. The SMILES string of the molecule is CCCNC(=O)C(Cc1ccccc1)N(Cc1c(Cl)cccc1Cl)C(=O)CCCN(c1ccccc1OC)S(C)(=O)=O. The van der Waals surface area contributed by atoms with Gasteiger partial charge in [-0.1, -0.05) is 78.7 Å². The number of anilines is 1. The predicted molar refractivity (Wildman–Crippen MR) is 169 cm³/mol. The Balaban J connectivity index is 1.93. The smallest absolute Gasteiger partial charge is 0.243 e. The Hall–Kier alpha value is -3.27. The summed E-state index contributed by atoms with van der Waals surface area (Å²) in [4.78, 5) is 28.9. The molecule has 0 spiro atoms. The van der Waals surface area contributed by atoms with Crippen molar-refractivity contribution in [1.82, 2.24) is 10.2 Å². The number of benzene rings is 3. The molecular formula is C31H37Cl2N3O5S. The molecule has 11 heteroatoms. The van der Waals surface area contributed by atoms with E-state index in [0.29, 0.717) is 33.6 Å². The van der Waals surface area contributed by atoms with E-state index in [4.69, 9.17) is 27.9 Å². The van der Waals surface area contributed by atoms with Gasteiger partial charge in [0.15, 0.2) is 0 Å². The van der Waals surface area contributed by atoms with Crippen molar-refractivity contribution in [3.05, 3.63) is 94.0 Å². The molecule has 3 aromatic carbocycles. The van der Waals surface area contributed by atoms with Gasteiger partial charge in [-0.2, -0.15) is 0 Å². The molecule has 2 amide bonds. The lowest BCUT2D eigenvalue weighted by atomic mass is 10.0. The van der Waals surface area contributed by atoms with Crippen LogP contribution in [0.5, 0.6) is 5.75 Å². The van der Waals surface area contributed by atoms with Crippen LogP contribution in [-0.4, -0.2) is 57.6 Å². The van der Waals surface area contributed by atoms with Gasteiger partial charge in [0.25, 0.3) is 0 Å². The molecule has 0 aliphatic heterocycles. The molecule has 1 atom stereocenters. The molecule has 1 N–H and O–H groups in total. The number of nitrogens with one attached hydrogen (secondary N) is 1. The summed E-state index contributed by atoms with van der Waals surface area (Å²) in [6, 6.07) is 20.5. The number of carbonyl (C=O) groups excluding carboxylic acids is 2. The van der Waals surface area contributed by atoms with Gasteiger partial charge in [0.1, 0.15) is 11.8 Å². The number of carbonyl (C=O) groups is 2. The minimum Gasteiger partial charge on any atom is -0.495 e. The maximum atomic E-state index is 13.9. The number of para-hydroxylation sites is 2. The van der Waals surface area contributed by atoms with Crippen molar-refractivity contribution in [2.24, 2.45) is 0 Å². The molecule has 42 heavy (non-hydrogen) atoms. The van der Waals surface area contributed by atoms with Crippen molar-refractivity contribution >= 4 is 50.7 Å². The first-order valence-electron chi connectivity index (χ1n) is 13.7. The molecule has 0 saturated heterocycles. The van der Waals surface area contributed by atoms with E-state index in [1.807, 2.05) is 37.3 Å². The highest BCUT2D eigenvalue weighted by atomic mass is 35.5. The minimum atomic E-state index is -3.68. The molecule has 8 nitrogen and oxygen atoms in total. The summed E-state index contributed by atoms with van der Waals surface area (Å²) >= 11 is 13.0. The van der Waals surface area contributed by atoms with Gasteiger partial charge in [0, 0.05) is 48.1 Å². The summed E-state index contributed by atoms with van der Waals surface area (Å²) in [5.41, 5.74) is 1.80. The van der Waals surface area contributed by atoms with Crippen molar-refractivity contribution in [1.29, 1.82) is 0 Å². The number of sulfonamides is 1. The number of amides is 2. The van der Waals surface area contributed by atoms with Gasteiger partial charge >= 0.3 is 0 Å². The zero-order valence-corrected chi connectivity index (χ0v) is 26.4. The summed E-state index contributed by atoms with van der Waals surface area (Å²) in [6.07, 6.45) is 2.31. The lowest BCUT2D eigenvalue weighted by molar-refractivity contribution is -0.141. The van der Waals surface area contributed by atoms with Crippen molar-refractivity contribution in [3.8, 4) is 5.75 Å². The second-order valence-corrected chi connectivity index (χ2v) is 12.6. The number of ether oxygens (including phenoxy) is 1. The largest absolute Gasteiger partial charge is 0.495 e. The summed E-state index contributed by atoms with van der Waals surface area (Å²) < 4.78 is 32.0. The fourth-order valence-corrected chi connectivity index (χ4v) is 6.08. The molecule has 0 aliphatic carbocycles. The number of hydrogen-bond donors (Lipinski definition) is 1. The lowest BCUT2D eigenvalue weighted by Gasteiger charge is -2.32. The summed E-state index contributed by atoms with van der Waals surface area (Å²) in [7, 11) is -2.21. The van der Waals surface area contributed by atoms with Crippen molar-refractivity contribution < 1.29 is 22.7 Å². The van der Waals surface area contributed by atoms with Crippen LogP contribution in [-0.2, 0) is 32.6 Å². The topological polar surface area (TPSA) is 96.0 Å². The first-order chi connectivity index (χ1) is 20.1. The van der Waals surface area contributed by atoms with Gasteiger partial charge in [-0.15, -0.1) is 0 Å². The molecule has 0 heterocycles. The standard InChI is InChI=1S/C31H37Cl2N3O5S/c1-4-19-34-31(38)28(21-23-12-6-5-7-13-23)35(22-24-25(32)14-10-15-26(24)33)30(37)18-11-20-36(42(3,39)40)27-16-8-9-17-29(27)41-2/h5-10,12-17,28H,4,11,18-22H2,1-3H3,(H,34,38). The molecule has 0 radical (unpaired) electrons. The average molecular weight is 635 g/mol. The van der Waals surface area contributed by atoms with Gasteiger partial charge in [-0.3, -0.25) is 13.9 Å². The molecule has 0 aromatic heterocycles. The third-order valence-electron chi connectivity index (χ3n) is 6.72. The first-order valence-corrected chi connectivity index (χ1v) is 16.3. The quantitative estimate of drug-likeness (QED) is 0.231. The number of halogens is 2. The average Bonchev–Trinajstić information content (AvgIpc) is 2.97. The van der Waals surface area contributed by atoms with E-state index in [0.717, 1.165) is 18.2 Å². The fraction of sp³-hybridized carbons (Fsp3) is 0.355. The summed E-state index contributed by atoms with van der Waals surface area (Å²) in [6.45, 7) is 2.46. The van der Waals surface area contributed by atoms with E-state index in [9.17, 15) is 18.0 Å². The number of methoxy groups -OCH3 is 1. The molecule has 3 rings (SSSR count). The Labute approximate surface area is 258 Å². The van der Waals surface area contributed by atoms with Crippen LogP contribution in [0.3, 0.4) is 0 Å². The van der Waals surface area contributed by atoms with Gasteiger partial charge < -0.3 is 15.0 Å². The van der Waals surface area contributed by atoms with E-state index in [1.165, 1.54) is 16.3 Å². The minimum absolute atomic E-state index is 0.0106. The first kappa shape index (κ1) is 33.2. The Bertz CT molecular complexity index is 1430. The van der Waals surface area contributed by atoms with Crippen LogP contribution in [0.4, 0.5) is 5.69 Å². The second-order valence-electron chi connectivity index (χ2n) is 9.83. The number of hydrogen-bond acceptors (Lipinski definition) is 5. The lowest BCUT2D eigenvalue weighted by Crippen LogP contribution is -2.50. The molecule has 0 fully saturated rings. The number of nitrogens with zero attached hydrogens (tertiary/aromatic N) is 2. The van der Waals surface area contributed by atoms with Crippen molar-refractivity contribution in [2.75, 3.05) is 30.8 Å². The highest BCUT2D eigenvalue weighted by molar-refractivity contribution is 7.92. The van der Waals surface area contributed by atoms with Crippen molar-refractivity contribution in [2.45, 2.75) is 45.2 Å². The van der Waals surface area contributed by atoms with E-state index in [1.54, 1.807) is 42.5 Å². The summed E-state index contributed by atoms with van der Waals surface area (Å²) in [5.74, 6) is -0.212. The third kappa shape index (κ3) is 9.11. The van der Waals surface area contributed by atoms with Gasteiger partial charge in [0.2, 0.25) is 21.8 Å². The maximum absolute atomic E-state index is 13.9. The Morgan fingerprint density at radius 3 is 2.21 bits per heavy atom. The monoisotopic (exact) mass is 633 g/mol. The molecule has 1 unspecified atom stereocenters. The van der Waals surface area contributed by atoms with Crippen LogP contribution in [0.15, 0.2) is 72.8 Å². The third-order valence-corrected chi connectivity index (χ3v) is 8.60. The maximum Gasteiger partial charge on any atom is 0.243 e. The van der Waals surface area contributed by atoms with Crippen LogP contribution in [0.2, 0.25) is 10.0 Å². The Morgan fingerprint density at radius 1 is 0.952 bits per heavy atom. The van der Waals surface area contributed by atoms with E-state index < -0.39 is 16.1 Å². The van der Waals surface area contributed by atoms with Crippen LogP contribution < -0.4 is 14.4 Å². The van der Waals surface area contributed by atoms with E-state index in [-0.39, 0.29) is 44.2 Å². The molecule has 0 saturated carbocycles.